The first-order valence-electron chi connectivity index (χ1n) is 22.5. The zero-order valence-corrected chi connectivity index (χ0v) is 37.0. The van der Waals surface area contributed by atoms with E-state index in [-0.39, 0.29) is 49.1 Å². The van der Waals surface area contributed by atoms with Crippen molar-refractivity contribution in [2.24, 2.45) is 0 Å². The van der Waals surface area contributed by atoms with E-state index >= 15 is 0 Å². The highest BCUT2D eigenvalue weighted by molar-refractivity contribution is 5.70. The second-order valence-electron chi connectivity index (χ2n) is 16.0. The SMILES string of the molecule is CCC/C=C/C=C/C=C/C=C/C=C/CCCCCCCC(=O)OC(COCCC(C(=O)[O-])[N+](C)(C)C)COC(=O)CCCCCCCCC/C=C/CCCCCC. The van der Waals surface area contributed by atoms with Crippen molar-refractivity contribution < 1.29 is 38.2 Å². The Hall–Kier alpha value is -3.23. The van der Waals surface area contributed by atoms with Crippen LogP contribution in [0.4, 0.5) is 0 Å². The Balaban J connectivity index is 4.42. The molecule has 0 aromatic heterocycles. The molecule has 0 amide bonds. The summed E-state index contributed by atoms with van der Waals surface area (Å²) in [6, 6.07) is -0.734. The second kappa shape index (κ2) is 39.6. The molecule has 326 valence electrons. The fourth-order valence-electron chi connectivity index (χ4n) is 6.15. The number of esters is 2. The number of hydrogen-bond donors (Lipinski definition) is 0. The van der Waals surface area contributed by atoms with Gasteiger partial charge in [-0.05, 0) is 57.8 Å². The summed E-state index contributed by atoms with van der Waals surface area (Å²) in [6.07, 6.45) is 49.1. The molecule has 0 radical (unpaired) electrons. The maximum absolute atomic E-state index is 12.7. The van der Waals surface area contributed by atoms with E-state index < -0.39 is 18.1 Å². The summed E-state index contributed by atoms with van der Waals surface area (Å²) in [6.45, 7) is 4.52. The van der Waals surface area contributed by atoms with Crippen molar-refractivity contribution in [2.45, 2.75) is 180 Å². The number of rotatable bonds is 39. The van der Waals surface area contributed by atoms with Crippen molar-refractivity contribution in [3.63, 3.8) is 0 Å². The highest BCUT2D eigenvalue weighted by atomic mass is 16.6. The number of carboxylic acid groups (broad SMARTS) is 1. The Morgan fingerprint density at radius 2 is 0.982 bits per heavy atom. The molecule has 0 saturated heterocycles. The number of aliphatic carboxylic acids is 1. The molecule has 0 saturated carbocycles. The van der Waals surface area contributed by atoms with E-state index in [9.17, 15) is 19.5 Å². The molecule has 0 N–H and O–H groups in total. The number of carbonyl (C=O) groups is 3. The van der Waals surface area contributed by atoms with Gasteiger partial charge < -0.3 is 28.6 Å². The molecule has 0 aliphatic heterocycles. The van der Waals surface area contributed by atoms with Crippen LogP contribution < -0.4 is 5.11 Å². The second-order valence-corrected chi connectivity index (χ2v) is 16.0. The minimum atomic E-state index is -1.13. The third kappa shape index (κ3) is 38.1. The van der Waals surface area contributed by atoms with Crippen molar-refractivity contribution >= 4 is 17.9 Å². The van der Waals surface area contributed by atoms with Crippen molar-refractivity contribution in [1.82, 2.24) is 0 Å². The van der Waals surface area contributed by atoms with Gasteiger partial charge in [-0.1, -0.05) is 164 Å². The van der Waals surface area contributed by atoms with Crippen LogP contribution in [0.25, 0.3) is 0 Å². The summed E-state index contributed by atoms with van der Waals surface area (Å²) in [5.41, 5.74) is 0. The predicted octanol–water partition coefficient (Wildman–Crippen LogP) is 11.0. The van der Waals surface area contributed by atoms with E-state index in [0.717, 1.165) is 64.2 Å². The Kier molecular flexibility index (Phi) is 37.3. The van der Waals surface area contributed by atoms with Gasteiger partial charge in [0, 0.05) is 19.3 Å². The highest BCUT2D eigenvalue weighted by Crippen LogP contribution is 2.13. The van der Waals surface area contributed by atoms with Crippen molar-refractivity contribution in [1.29, 1.82) is 0 Å². The maximum atomic E-state index is 12.7. The molecule has 2 atom stereocenters. The topological polar surface area (TPSA) is 102 Å². The molecule has 8 heteroatoms. The Labute approximate surface area is 349 Å². The molecule has 8 nitrogen and oxygen atoms in total. The van der Waals surface area contributed by atoms with Gasteiger partial charge in [-0.25, -0.2) is 0 Å². The molecular formula is C49H83NO7. The smallest absolute Gasteiger partial charge is 0.306 e. The van der Waals surface area contributed by atoms with E-state index in [1.165, 1.54) is 70.6 Å². The first kappa shape index (κ1) is 53.8. The van der Waals surface area contributed by atoms with Crippen LogP contribution in [-0.4, -0.2) is 75.5 Å². The number of ether oxygens (including phenoxy) is 3. The van der Waals surface area contributed by atoms with Crippen molar-refractivity contribution in [3.05, 3.63) is 72.9 Å². The number of hydrogen-bond acceptors (Lipinski definition) is 7. The van der Waals surface area contributed by atoms with Crippen molar-refractivity contribution in [2.75, 3.05) is 41.0 Å². The highest BCUT2D eigenvalue weighted by Gasteiger charge is 2.25. The van der Waals surface area contributed by atoms with E-state index in [4.69, 9.17) is 14.2 Å². The molecule has 0 fully saturated rings. The Bertz CT molecular complexity index is 1160. The van der Waals surface area contributed by atoms with E-state index in [2.05, 4.69) is 50.3 Å². The molecular weight excluding hydrogens is 715 g/mol. The van der Waals surface area contributed by atoms with Crippen LogP contribution in [-0.2, 0) is 28.6 Å². The van der Waals surface area contributed by atoms with Gasteiger partial charge >= 0.3 is 11.9 Å². The monoisotopic (exact) mass is 798 g/mol. The Morgan fingerprint density at radius 3 is 1.49 bits per heavy atom. The molecule has 0 aromatic rings. The lowest BCUT2D eigenvalue weighted by Gasteiger charge is -2.34. The van der Waals surface area contributed by atoms with Gasteiger partial charge in [-0.2, -0.15) is 0 Å². The molecule has 0 aliphatic rings. The predicted molar refractivity (Wildman–Crippen MR) is 235 cm³/mol. The Morgan fingerprint density at radius 1 is 0.526 bits per heavy atom. The zero-order valence-electron chi connectivity index (χ0n) is 37.0. The van der Waals surface area contributed by atoms with Gasteiger partial charge in [0.1, 0.15) is 12.6 Å². The first-order chi connectivity index (χ1) is 27.6. The average Bonchev–Trinajstić information content (AvgIpc) is 3.17. The summed E-state index contributed by atoms with van der Waals surface area (Å²) in [4.78, 5) is 36.9. The van der Waals surface area contributed by atoms with Gasteiger partial charge in [-0.3, -0.25) is 9.59 Å². The summed E-state index contributed by atoms with van der Waals surface area (Å²) >= 11 is 0. The van der Waals surface area contributed by atoms with Crippen LogP contribution in [0.15, 0.2) is 72.9 Å². The number of likely N-dealkylation sites (N-methyl/N-ethyl adjacent to an activating group) is 1. The van der Waals surface area contributed by atoms with Crippen LogP contribution in [0, 0.1) is 0 Å². The largest absolute Gasteiger partial charge is 0.544 e. The molecule has 0 aliphatic carbocycles. The van der Waals surface area contributed by atoms with Gasteiger partial charge in [-0.15, -0.1) is 0 Å². The molecule has 0 rings (SSSR count). The summed E-state index contributed by atoms with van der Waals surface area (Å²) in [5, 5.41) is 11.6. The standard InChI is InChI=1S/C49H83NO7/c1-6-8-10-12-14-16-18-20-22-23-24-26-28-30-32-34-36-38-40-48(52)57-45(43-55-42-41-46(49(53)54)50(3,4)5)44-56-47(51)39-37-35-33-31-29-27-25-21-19-17-15-13-11-9-7-2/h10,12,14,16-20,22-24,26,45-46H,6-9,11,13,15,21,25,27-44H2,1-5H3/b12-10+,16-14+,19-17+,20-18+,23-22+,26-24+. The van der Waals surface area contributed by atoms with Gasteiger partial charge in [0.05, 0.1) is 40.3 Å². The number of carbonyl (C=O) groups excluding carboxylic acids is 3. The van der Waals surface area contributed by atoms with E-state index in [1.807, 2.05) is 36.5 Å². The molecule has 2 unspecified atom stereocenters. The van der Waals surface area contributed by atoms with Crippen LogP contribution in [0.3, 0.4) is 0 Å². The third-order valence-electron chi connectivity index (χ3n) is 9.67. The van der Waals surface area contributed by atoms with E-state index in [1.54, 1.807) is 21.1 Å². The summed E-state index contributed by atoms with van der Waals surface area (Å²) in [5.74, 6) is -1.78. The lowest BCUT2D eigenvalue weighted by molar-refractivity contribution is -0.889. The lowest BCUT2D eigenvalue weighted by atomic mass is 10.1. The van der Waals surface area contributed by atoms with Gasteiger partial charge in [0.2, 0.25) is 0 Å². The fraction of sp³-hybridized carbons (Fsp3) is 0.694. The third-order valence-corrected chi connectivity index (χ3v) is 9.67. The fourth-order valence-corrected chi connectivity index (χ4v) is 6.15. The number of quaternary nitrogens is 1. The minimum Gasteiger partial charge on any atom is -0.544 e. The van der Waals surface area contributed by atoms with Crippen molar-refractivity contribution in [3.8, 4) is 0 Å². The number of nitrogens with zero attached hydrogens (tertiary/aromatic N) is 1. The van der Waals surface area contributed by atoms with Crippen LogP contribution in [0.2, 0.25) is 0 Å². The number of allylic oxidation sites excluding steroid dienone is 12. The van der Waals surface area contributed by atoms with Crippen LogP contribution in [0.5, 0.6) is 0 Å². The summed E-state index contributed by atoms with van der Waals surface area (Å²) in [7, 11) is 5.39. The number of unbranched alkanes of at least 4 members (excludes halogenated alkanes) is 17. The normalized spacial score (nSPS) is 13.6. The summed E-state index contributed by atoms with van der Waals surface area (Å²) < 4.78 is 17.1. The lowest BCUT2D eigenvalue weighted by Crippen LogP contribution is -2.55. The van der Waals surface area contributed by atoms with Gasteiger partial charge in [0.15, 0.2) is 6.10 Å². The average molecular weight is 798 g/mol. The quantitative estimate of drug-likeness (QED) is 0.0201. The van der Waals surface area contributed by atoms with E-state index in [0.29, 0.717) is 6.42 Å². The van der Waals surface area contributed by atoms with Crippen LogP contribution >= 0.6 is 0 Å². The molecule has 57 heavy (non-hydrogen) atoms. The van der Waals surface area contributed by atoms with Gasteiger partial charge in [0.25, 0.3) is 0 Å². The van der Waals surface area contributed by atoms with Crippen LogP contribution in [0.1, 0.15) is 168 Å². The minimum absolute atomic E-state index is 0.0252. The molecule has 0 bridgehead atoms. The number of carboxylic acids is 1. The zero-order chi connectivity index (χ0) is 42.1. The maximum Gasteiger partial charge on any atom is 0.306 e. The first-order valence-corrected chi connectivity index (χ1v) is 22.5. The molecule has 0 aromatic carbocycles. The molecule has 0 spiro atoms. The molecule has 0 heterocycles.